The van der Waals surface area contributed by atoms with Gasteiger partial charge in [-0.2, -0.15) is 0 Å². The lowest BCUT2D eigenvalue weighted by Crippen LogP contribution is -2.41. The Morgan fingerprint density at radius 1 is 0.946 bits per heavy atom. The fourth-order valence-electron chi connectivity index (χ4n) is 5.22. The van der Waals surface area contributed by atoms with Crippen molar-refractivity contribution >= 4 is 34.8 Å². The molecule has 0 atom stereocenters. The quantitative estimate of drug-likeness (QED) is 0.499. The van der Waals surface area contributed by atoms with Crippen LogP contribution >= 0.6 is 0 Å². The second kappa shape index (κ2) is 12.2. The van der Waals surface area contributed by atoms with Crippen LogP contribution in [0.15, 0.2) is 36.4 Å². The number of nitrogens with one attached hydrogen (secondary N) is 2. The smallest absolute Gasteiger partial charge is 0.223 e. The van der Waals surface area contributed by atoms with Crippen LogP contribution in [0.2, 0.25) is 0 Å². The van der Waals surface area contributed by atoms with Gasteiger partial charge in [-0.3, -0.25) is 9.59 Å². The molecule has 4 heterocycles. The van der Waals surface area contributed by atoms with Crippen molar-refractivity contribution in [3.63, 3.8) is 0 Å². The van der Waals surface area contributed by atoms with Crippen LogP contribution in [0.5, 0.6) is 0 Å². The minimum absolute atomic E-state index is 0.0269. The number of hydrogen-bond donors (Lipinski definition) is 2. The molecule has 0 bridgehead atoms. The van der Waals surface area contributed by atoms with Crippen molar-refractivity contribution in [3.8, 4) is 0 Å². The van der Waals surface area contributed by atoms with Gasteiger partial charge in [0.25, 0.3) is 0 Å². The van der Waals surface area contributed by atoms with Gasteiger partial charge in [0.2, 0.25) is 11.8 Å². The number of likely N-dealkylation sites (tertiary alicyclic amines) is 1. The fourth-order valence-corrected chi connectivity index (χ4v) is 5.22. The maximum atomic E-state index is 12.6. The Kier molecular flexibility index (Phi) is 8.35. The fraction of sp³-hybridized carbons (Fsp3) is 0.556. The summed E-state index contributed by atoms with van der Waals surface area (Å²) in [4.78, 5) is 30.7. The average Bonchev–Trinajstić information content (AvgIpc) is 3.37. The summed E-state index contributed by atoms with van der Waals surface area (Å²) in [5.74, 6) is 1.93. The maximum absolute atomic E-state index is 12.6. The summed E-state index contributed by atoms with van der Waals surface area (Å²) < 4.78 is 5.43. The second-order valence-corrected chi connectivity index (χ2v) is 9.94. The molecule has 198 valence electrons. The Hall–Kier alpha value is -3.40. The van der Waals surface area contributed by atoms with Crippen LogP contribution in [0.3, 0.4) is 0 Å². The van der Waals surface area contributed by atoms with Crippen molar-refractivity contribution < 1.29 is 14.3 Å². The number of ether oxygens (including phenoxy) is 1. The molecule has 1 aromatic carbocycles. The molecule has 2 N–H and O–H groups in total. The van der Waals surface area contributed by atoms with Crippen molar-refractivity contribution in [1.29, 1.82) is 0 Å². The van der Waals surface area contributed by atoms with Crippen molar-refractivity contribution in [1.82, 2.24) is 20.4 Å². The first-order valence-corrected chi connectivity index (χ1v) is 13.5. The summed E-state index contributed by atoms with van der Waals surface area (Å²) in [6.45, 7) is 7.17. The van der Waals surface area contributed by atoms with Crippen LogP contribution in [-0.2, 0) is 14.3 Å². The van der Waals surface area contributed by atoms with Gasteiger partial charge in [-0.25, -0.2) is 0 Å². The lowest BCUT2D eigenvalue weighted by molar-refractivity contribution is -0.127. The number of carbonyl (C=O) groups excluding carboxylic acids is 2. The SMILES string of the molecule is O=C(NCCCN1CCCC1=O)C1CCN(c2ccc(Nc3ccc(N4CCOCC4)cc3)nn2)CC1. The Labute approximate surface area is 218 Å². The highest BCUT2D eigenvalue weighted by Crippen LogP contribution is 2.24. The largest absolute Gasteiger partial charge is 0.378 e. The van der Waals surface area contributed by atoms with E-state index in [1.165, 1.54) is 5.69 Å². The highest BCUT2D eigenvalue weighted by molar-refractivity contribution is 5.79. The summed E-state index contributed by atoms with van der Waals surface area (Å²) in [6.07, 6.45) is 4.03. The van der Waals surface area contributed by atoms with E-state index in [0.717, 1.165) is 89.7 Å². The highest BCUT2D eigenvalue weighted by Gasteiger charge is 2.26. The summed E-state index contributed by atoms with van der Waals surface area (Å²) in [6, 6.07) is 12.3. The van der Waals surface area contributed by atoms with E-state index >= 15 is 0 Å². The number of morpholine rings is 1. The predicted molar refractivity (Wildman–Crippen MR) is 143 cm³/mol. The van der Waals surface area contributed by atoms with Crippen LogP contribution in [0.1, 0.15) is 32.1 Å². The molecule has 5 rings (SSSR count). The monoisotopic (exact) mass is 507 g/mol. The summed E-state index contributed by atoms with van der Waals surface area (Å²) in [7, 11) is 0. The van der Waals surface area contributed by atoms with Gasteiger partial charge in [0.15, 0.2) is 11.6 Å². The number of benzene rings is 1. The lowest BCUT2D eigenvalue weighted by atomic mass is 9.96. The normalized spacial score (nSPS) is 18.8. The second-order valence-electron chi connectivity index (χ2n) is 9.94. The average molecular weight is 508 g/mol. The van der Waals surface area contributed by atoms with Crippen LogP contribution in [-0.4, -0.2) is 85.9 Å². The van der Waals surface area contributed by atoms with E-state index in [0.29, 0.717) is 18.8 Å². The van der Waals surface area contributed by atoms with Gasteiger partial charge in [0.1, 0.15) is 0 Å². The molecule has 3 saturated heterocycles. The third-order valence-corrected chi connectivity index (χ3v) is 7.43. The highest BCUT2D eigenvalue weighted by atomic mass is 16.5. The number of anilines is 4. The van der Waals surface area contributed by atoms with Crippen molar-refractivity contribution in [2.45, 2.75) is 32.1 Å². The topological polar surface area (TPSA) is 103 Å². The molecule has 3 fully saturated rings. The molecule has 2 amide bonds. The van der Waals surface area contributed by atoms with Crippen LogP contribution in [0.25, 0.3) is 0 Å². The number of hydrogen-bond acceptors (Lipinski definition) is 8. The molecule has 10 heteroatoms. The number of piperidine rings is 1. The van der Waals surface area contributed by atoms with Gasteiger partial charge in [-0.1, -0.05) is 0 Å². The summed E-state index contributed by atoms with van der Waals surface area (Å²) >= 11 is 0. The van der Waals surface area contributed by atoms with Gasteiger partial charge in [-0.15, -0.1) is 10.2 Å². The zero-order chi connectivity index (χ0) is 25.5. The Morgan fingerprint density at radius 3 is 2.41 bits per heavy atom. The molecular weight excluding hydrogens is 470 g/mol. The molecule has 3 aliphatic rings. The molecule has 0 saturated carbocycles. The molecule has 37 heavy (non-hydrogen) atoms. The molecule has 0 radical (unpaired) electrons. The Morgan fingerprint density at radius 2 is 1.73 bits per heavy atom. The van der Waals surface area contributed by atoms with Gasteiger partial charge in [0.05, 0.1) is 13.2 Å². The number of carbonyl (C=O) groups is 2. The van der Waals surface area contributed by atoms with E-state index in [-0.39, 0.29) is 17.7 Å². The minimum atomic E-state index is 0.0269. The van der Waals surface area contributed by atoms with E-state index in [9.17, 15) is 9.59 Å². The lowest BCUT2D eigenvalue weighted by Gasteiger charge is -2.31. The van der Waals surface area contributed by atoms with E-state index in [1.54, 1.807) is 0 Å². The zero-order valence-corrected chi connectivity index (χ0v) is 21.4. The molecule has 10 nitrogen and oxygen atoms in total. The number of rotatable bonds is 9. The Bertz CT molecular complexity index is 1030. The van der Waals surface area contributed by atoms with Gasteiger partial charge < -0.3 is 30.1 Å². The van der Waals surface area contributed by atoms with Crippen LogP contribution < -0.4 is 20.4 Å². The Balaban J connectivity index is 1.03. The third-order valence-electron chi connectivity index (χ3n) is 7.43. The maximum Gasteiger partial charge on any atom is 0.223 e. The van der Waals surface area contributed by atoms with Crippen molar-refractivity contribution in [2.24, 2.45) is 5.92 Å². The van der Waals surface area contributed by atoms with Crippen LogP contribution in [0, 0.1) is 5.92 Å². The van der Waals surface area contributed by atoms with Gasteiger partial charge in [-0.05, 0) is 62.1 Å². The van der Waals surface area contributed by atoms with Crippen molar-refractivity contribution in [2.75, 3.05) is 74.1 Å². The number of nitrogens with zero attached hydrogens (tertiary/aromatic N) is 5. The van der Waals surface area contributed by atoms with E-state index in [1.807, 2.05) is 17.0 Å². The van der Waals surface area contributed by atoms with E-state index < -0.39 is 0 Å². The molecular formula is C27H37N7O3. The van der Waals surface area contributed by atoms with Crippen molar-refractivity contribution in [3.05, 3.63) is 36.4 Å². The first-order valence-electron chi connectivity index (χ1n) is 13.5. The van der Waals surface area contributed by atoms with Crippen LogP contribution in [0.4, 0.5) is 23.0 Å². The zero-order valence-electron chi connectivity index (χ0n) is 21.4. The molecule has 1 aromatic heterocycles. The summed E-state index contributed by atoms with van der Waals surface area (Å²) in [5.41, 5.74) is 2.17. The van der Waals surface area contributed by atoms with Gasteiger partial charge >= 0.3 is 0 Å². The van der Waals surface area contributed by atoms with Gasteiger partial charge in [0, 0.05) is 69.5 Å². The molecule has 0 spiro atoms. The molecule has 0 unspecified atom stereocenters. The molecule has 3 aliphatic heterocycles. The molecule has 0 aliphatic carbocycles. The first-order chi connectivity index (χ1) is 18.2. The molecule has 2 aromatic rings. The first kappa shape index (κ1) is 25.3. The number of aromatic nitrogens is 2. The van der Waals surface area contributed by atoms with E-state index in [2.05, 4.69) is 54.9 Å². The third kappa shape index (κ3) is 6.68. The predicted octanol–water partition coefficient (Wildman–Crippen LogP) is 2.40. The summed E-state index contributed by atoms with van der Waals surface area (Å²) in [5, 5.41) is 15.2. The number of amides is 2. The standard InChI is InChI=1S/C27H37N7O3/c35-26-3-1-13-34(26)14-2-12-28-27(36)21-10-15-33(16-11-21)25-9-8-24(30-31-25)29-22-4-6-23(7-5-22)32-17-19-37-20-18-32/h4-9,21H,1-3,10-20H2,(H,28,36)(H,29,30). The minimum Gasteiger partial charge on any atom is -0.378 e. The van der Waals surface area contributed by atoms with E-state index in [4.69, 9.17) is 4.74 Å².